The predicted octanol–water partition coefficient (Wildman–Crippen LogP) is 4.25. The van der Waals surface area contributed by atoms with Crippen molar-refractivity contribution in [1.29, 1.82) is 0 Å². The minimum Gasteiger partial charge on any atom is -0.446 e. The summed E-state index contributed by atoms with van der Waals surface area (Å²) in [4.78, 5) is 28.5. The van der Waals surface area contributed by atoms with Crippen LogP contribution in [0.15, 0.2) is 47.4 Å². The third-order valence-electron chi connectivity index (χ3n) is 5.22. The molecule has 0 fully saturated rings. The number of amides is 2. The fourth-order valence-electron chi connectivity index (χ4n) is 3.76. The number of benzene rings is 2. The van der Waals surface area contributed by atoms with Crippen molar-refractivity contribution >= 4 is 33.2 Å². The molecule has 0 unspecified atom stereocenters. The number of nitrogens with zero attached hydrogens (tertiary/aromatic N) is 2. The first-order valence-corrected chi connectivity index (χ1v) is 12.0. The van der Waals surface area contributed by atoms with Crippen LogP contribution in [-0.4, -0.2) is 44.9 Å². The summed E-state index contributed by atoms with van der Waals surface area (Å²) in [7, 11) is -3.35. The number of sulfone groups is 1. The van der Waals surface area contributed by atoms with E-state index in [9.17, 15) is 18.0 Å². The highest BCUT2D eigenvalue weighted by Gasteiger charge is 2.34. The third kappa shape index (κ3) is 4.58. The Balaban J connectivity index is 2.13. The molecule has 31 heavy (non-hydrogen) atoms. The maximum absolute atomic E-state index is 12.8. The lowest BCUT2D eigenvalue weighted by Gasteiger charge is -2.40. The molecule has 0 bridgehead atoms. The quantitative estimate of drug-likeness (QED) is 0.704. The standard InChI is InChI=1S/C23H28N2O5S/c1-6-31(28,29)20-9-7-8-18(12-20)19-10-11-21-22(13-19)24(23(27)30-15(2)3)14-16(4)25(21)17(5)26/h7-13,15-16H,6,14H2,1-5H3/t16-/m0/s1. The van der Waals surface area contributed by atoms with E-state index in [0.717, 1.165) is 5.56 Å². The van der Waals surface area contributed by atoms with Crippen LogP contribution in [0.3, 0.4) is 0 Å². The van der Waals surface area contributed by atoms with Crippen LogP contribution in [-0.2, 0) is 19.4 Å². The highest BCUT2D eigenvalue weighted by molar-refractivity contribution is 7.91. The summed E-state index contributed by atoms with van der Waals surface area (Å²) in [6.45, 7) is 8.85. The van der Waals surface area contributed by atoms with Gasteiger partial charge in [-0.3, -0.25) is 9.69 Å². The summed E-state index contributed by atoms with van der Waals surface area (Å²) in [5.74, 6) is -0.101. The number of hydrogen-bond donors (Lipinski definition) is 0. The van der Waals surface area contributed by atoms with E-state index < -0.39 is 15.9 Å². The second-order valence-electron chi connectivity index (χ2n) is 7.92. The van der Waals surface area contributed by atoms with Gasteiger partial charge in [0.15, 0.2) is 9.84 Å². The number of carbonyl (C=O) groups excluding carboxylic acids is 2. The van der Waals surface area contributed by atoms with Crippen LogP contribution >= 0.6 is 0 Å². The molecule has 0 saturated heterocycles. The van der Waals surface area contributed by atoms with Crippen molar-refractivity contribution in [3.05, 3.63) is 42.5 Å². The Labute approximate surface area is 183 Å². The zero-order valence-electron chi connectivity index (χ0n) is 18.5. The minimum absolute atomic E-state index is 0.0148. The topological polar surface area (TPSA) is 84.0 Å². The molecule has 7 nitrogen and oxygen atoms in total. The first-order valence-electron chi connectivity index (χ1n) is 10.3. The van der Waals surface area contributed by atoms with Crippen LogP contribution in [0.4, 0.5) is 16.2 Å². The average molecular weight is 445 g/mol. The third-order valence-corrected chi connectivity index (χ3v) is 6.95. The molecule has 3 rings (SSSR count). The van der Waals surface area contributed by atoms with E-state index in [4.69, 9.17) is 4.74 Å². The van der Waals surface area contributed by atoms with Crippen LogP contribution in [0.2, 0.25) is 0 Å². The van der Waals surface area contributed by atoms with E-state index in [1.165, 1.54) is 11.8 Å². The lowest BCUT2D eigenvalue weighted by molar-refractivity contribution is -0.117. The Morgan fingerprint density at radius 1 is 1.10 bits per heavy atom. The molecule has 0 radical (unpaired) electrons. The molecule has 0 N–H and O–H groups in total. The average Bonchev–Trinajstić information content (AvgIpc) is 2.72. The second kappa shape index (κ2) is 8.70. The molecule has 1 atom stereocenters. The van der Waals surface area contributed by atoms with Gasteiger partial charge in [-0.2, -0.15) is 0 Å². The zero-order valence-corrected chi connectivity index (χ0v) is 19.3. The monoisotopic (exact) mass is 444 g/mol. The van der Waals surface area contributed by atoms with Crippen molar-refractivity contribution in [3.8, 4) is 11.1 Å². The number of rotatable bonds is 4. The molecule has 2 amide bonds. The summed E-state index contributed by atoms with van der Waals surface area (Å²) in [5.41, 5.74) is 2.63. The van der Waals surface area contributed by atoms with Gasteiger partial charge in [0.25, 0.3) is 0 Å². The van der Waals surface area contributed by atoms with E-state index in [1.807, 2.05) is 19.1 Å². The first-order chi connectivity index (χ1) is 14.5. The molecule has 0 spiro atoms. The van der Waals surface area contributed by atoms with Crippen molar-refractivity contribution in [2.75, 3.05) is 22.1 Å². The molecule has 0 saturated carbocycles. The SMILES string of the molecule is CCS(=O)(=O)c1cccc(-c2ccc3c(c2)N(C(=O)OC(C)C)C[C@H](C)N3C(C)=O)c1. The molecule has 2 aromatic rings. The fourth-order valence-corrected chi connectivity index (χ4v) is 4.68. The van der Waals surface area contributed by atoms with E-state index in [2.05, 4.69) is 0 Å². The molecule has 166 valence electrons. The molecule has 2 aromatic carbocycles. The molecule has 1 heterocycles. The Morgan fingerprint density at radius 2 is 1.77 bits per heavy atom. The summed E-state index contributed by atoms with van der Waals surface area (Å²) in [6, 6.07) is 11.9. The van der Waals surface area contributed by atoms with Crippen molar-refractivity contribution in [3.63, 3.8) is 0 Å². The van der Waals surface area contributed by atoms with Crippen molar-refractivity contribution in [2.45, 2.75) is 51.7 Å². The van der Waals surface area contributed by atoms with E-state index in [-0.39, 0.29) is 28.7 Å². The van der Waals surface area contributed by atoms with E-state index in [0.29, 0.717) is 23.5 Å². The number of anilines is 2. The van der Waals surface area contributed by atoms with Gasteiger partial charge >= 0.3 is 6.09 Å². The van der Waals surface area contributed by atoms with Gasteiger partial charge in [-0.05, 0) is 56.2 Å². The molecule has 0 aliphatic carbocycles. The number of fused-ring (bicyclic) bond motifs is 1. The van der Waals surface area contributed by atoms with Crippen LogP contribution < -0.4 is 9.80 Å². The van der Waals surface area contributed by atoms with Gasteiger partial charge in [0.1, 0.15) is 0 Å². The summed E-state index contributed by atoms with van der Waals surface area (Å²) in [6.07, 6.45) is -0.762. The van der Waals surface area contributed by atoms with Gasteiger partial charge in [-0.25, -0.2) is 13.2 Å². The molecule has 1 aliphatic rings. The normalized spacial score (nSPS) is 16.3. The van der Waals surface area contributed by atoms with Crippen LogP contribution in [0.1, 0.15) is 34.6 Å². The first kappa shape index (κ1) is 22.8. The zero-order chi connectivity index (χ0) is 22.9. The summed E-state index contributed by atoms with van der Waals surface area (Å²) < 4.78 is 30.0. The maximum Gasteiger partial charge on any atom is 0.414 e. The van der Waals surface area contributed by atoms with Gasteiger partial charge < -0.3 is 9.64 Å². The van der Waals surface area contributed by atoms with Crippen LogP contribution in [0.25, 0.3) is 11.1 Å². The number of hydrogen-bond acceptors (Lipinski definition) is 5. The maximum atomic E-state index is 12.8. The van der Waals surface area contributed by atoms with Crippen LogP contribution in [0.5, 0.6) is 0 Å². The fraction of sp³-hybridized carbons (Fsp3) is 0.391. The largest absolute Gasteiger partial charge is 0.446 e. The van der Waals surface area contributed by atoms with Gasteiger partial charge in [0.05, 0.1) is 34.2 Å². The highest BCUT2D eigenvalue weighted by Crippen LogP contribution is 2.39. The predicted molar refractivity (Wildman–Crippen MR) is 121 cm³/mol. The molecule has 0 aromatic heterocycles. The Hall–Kier alpha value is -2.87. The Morgan fingerprint density at radius 3 is 2.39 bits per heavy atom. The van der Waals surface area contributed by atoms with Crippen LogP contribution in [0, 0.1) is 0 Å². The van der Waals surface area contributed by atoms with Crippen molar-refractivity contribution in [2.24, 2.45) is 0 Å². The van der Waals surface area contributed by atoms with Gasteiger partial charge in [0, 0.05) is 13.5 Å². The van der Waals surface area contributed by atoms with E-state index >= 15 is 0 Å². The van der Waals surface area contributed by atoms with Crippen molar-refractivity contribution in [1.82, 2.24) is 0 Å². The van der Waals surface area contributed by atoms with Gasteiger partial charge in [0.2, 0.25) is 5.91 Å². The Bertz CT molecular complexity index is 1110. The number of carbonyl (C=O) groups is 2. The summed E-state index contributed by atoms with van der Waals surface area (Å²) >= 11 is 0. The second-order valence-corrected chi connectivity index (χ2v) is 10.2. The summed E-state index contributed by atoms with van der Waals surface area (Å²) in [5, 5.41) is 0. The molecular weight excluding hydrogens is 416 g/mol. The lowest BCUT2D eigenvalue weighted by atomic mass is 10.0. The van der Waals surface area contributed by atoms with E-state index in [1.54, 1.807) is 56.0 Å². The smallest absolute Gasteiger partial charge is 0.414 e. The Kier molecular flexibility index (Phi) is 6.40. The minimum atomic E-state index is -3.35. The molecule has 8 heteroatoms. The van der Waals surface area contributed by atoms with Gasteiger partial charge in [-0.15, -0.1) is 0 Å². The molecular formula is C23H28N2O5S. The molecule has 1 aliphatic heterocycles. The lowest BCUT2D eigenvalue weighted by Crippen LogP contribution is -2.51. The van der Waals surface area contributed by atoms with Crippen molar-refractivity contribution < 1.29 is 22.7 Å². The number of ether oxygens (including phenoxy) is 1. The highest BCUT2D eigenvalue weighted by atomic mass is 32.2. The van der Waals surface area contributed by atoms with Gasteiger partial charge in [-0.1, -0.05) is 25.1 Å².